The van der Waals surface area contributed by atoms with E-state index in [9.17, 15) is 14.4 Å². The Bertz CT molecular complexity index is 1120. The summed E-state index contributed by atoms with van der Waals surface area (Å²) in [5, 5.41) is 6.68. The highest BCUT2D eigenvalue weighted by molar-refractivity contribution is 6.39. The van der Waals surface area contributed by atoms with E-state index in [4.69, 9.17) is 0 Å². The molecule has 0 saturated carbocycles. The number of benzene rings is 2. The van der Waals surface area contributed by atoms with Gasteiger partial charge in [-0.15, -0.1) is 0 Å². The summed E-state index contributed by atoms with van der Waals surface area (Å²) < 4.78 is 2.63. The van der Waals surface area contributed by atoms with Crippen molar-refractivity contribution in [2.45, 2.75) is 19.4 Å². The number of carbonyl (C=O) groups excluding carboxylic acids is 2. The largest absolute Gasteiger partial charge is 0.350 e. The number of nitrogens with zero attached hydrogens (tertiary/aromatic N) is 4. The van der Waals surface area contributed by atoms with Gasteiger partial charge in [0.1, 0.15) is 6.33 Å². The molecule has 3 aromatic rings. The summed E-state index contributed by atoms with van der Waals surface area (Å²) in [6, 6.07) is 16.3. The van der Waals surface area contributed by atoms with E-state index in [1.807, 2.05) is 30.3 Å². The highest BCUT2D eigenvalue weighted by atomic mass is 16.2. The van der Waals surface area contributed by atoms with Gasteiger partial charge in [-0.05, 0) is 42.2 Å². The van der Waals surface area contributed by atoms with Gasteiger partial charge in [0.05, 0.1) is 11.7 Å². The molecular formula is C22H23N5O3. The second-order valence-corrected chi connectivity index (χ2v) is 7.66. The van der Waals surface area contributed by atoms with Crippen LogP contribution in [0.2, 0.25) is 0 Å². The lowest BCUT2D eigenvalue weighted by atomic mass is 10.0. The van der Waals surface area contributed by atoms with E-state index in [0.717, 1.165) is 12.0 Å². The third-order valence-electron chi connectivity index (χ3n) is 5.34. The fourth-order valence-corrected chi connectivity index (χ4v) is 3.82. The first-order valence-corrected chi connectivity index (χ1v) is 9.82. The number of anilines is 1. The molecule has 2 amide bonds. The minimum absolute atomic E-state index is 0.0992. The summed E-state index contributed by atoms with van der Waals surface area (Å²) in [4.78, 5) is 39.1. The number of aromatic nitrogens is 3. The highest BCUT2D eigenvalue weighted by Crippen LogP contribution is 2.35. The van der Waals surface area contributed by atoms with Crippen molar-refractivity contribution < 1.29 is 9.59 Å². The van der Waals surface area contributed by atoms with Gasteiger partial charge in [0.2, 0.25) is 0 Å². The van der Waals surface area contributed by atoms with Crippen LogP contribution >= 0.6 is 0 Å². The Balaban J connectivity index is 1.47. The molecule has 154 valence electrons. The van der Waals surface area contributed by atoms with Crippen molar-refractivity contribution in [3.63, 3.8) is 0 Å². The lowest BCUT2D eigenvalue weighted by molar-refractivity contribution is -0.143. The Morgan fingerprint density at radius 2 is 1.77 bits per heavy atom. The number of nitrogens with one attached hydrogen (secondary N) is 1. The van der Waals surface area contributed by atoms with E-state index in [2.05, 4.69) is 17.3 Å². The molecule has 1 fully saturated rings. The topological polar surface area (TPSA) is 89.2 Å². The number of likely N-dealkylation sites (tertiary alicyclic amines) is 1. The molecule has 1 saturated heterocycles. The van der Waals surface area contributed by atoms with Crippen LogP contribution in [0.4, 0.5) is 5.69 Å². The first-order valence-electron chi connectivity index (χ1n) is 9.82. The minimum Gasteiger partial charge on any atom is -0.327 e. The van der Waals surface area contributed by atoms with Crippen LogP contribution in [-0.2, 0) is 16.6 Å². The second-order valence-electron chi connectivity index (χ2n) is 7.66. The molecule has 1 N–H and O–H groups in total. The van der Waals surface area contributed by atoms with Crippen molar-refractivity contribution >= 4 is 17.5 Å². The van der Waals surface area contributed by atoms with Gasteiger partial charge in [0.15, 0.2) is 0 Å². The van der Waals surface area contributed by atoms with Gasteiger partial charge in [-0.2, -0.15) is 9.78 Å². The van der Waals surface area contributed by atoms with E-state index in [-0.39, 0.29) is 11.7 Å². The van der Waals surface area contributed by atoms with Gasteiger partial charge < -0.3 is 10.2 Å². The Hall–Kier alpha value is -3.68. The molecule has 1 aromatic heterocycles. The molecule has 0 bridgehead atoms. The maximum absolute atomic E-state index is 12.9. The smallest absolute Gasteiger partial charge is 0.327 e. The van der Waals surface area contributed by atoms with E-state index in [1.54, 1.807) is 36.2 Å². The predicted molar refractivity (Wildman–Crippen MR) is 112 cm³/mol. The molecule has 8 nitrogen and oxygen atoms in total. The third-order valence-corrected chi connectivity index (χ3v) is 5.34. The second kappa shape index (κ2) is 7.98. The molecule has 8 heteroatoms. The SMILES string of the molecule is CC1CC(c2ccccc2)N(C(=O)C(=O)Nc2ccc(-n3ncn(C)c3=O)cc2)C1. The Kier molecular flexibility index (Phi) is 5.22. The average molecular weight is 405 g/mol. The van der Waals surface area contributed by atoms with Crippen molar-refractivity contribution in [3.8, 4) is 5.69 Å². The Morgan fingerprint density at radius 1 is 1.07 bits per heavy atom. The minimum atomic E-state index is -0.673. The average Bonchev–Trinajstić information content (AvgIpc) is 3.31. The van der Waals surface area contributed by atoms with Gasteiger partial charge in [0.25, 0.3) is 0 Å². The van der Waals surface area contributed by atoms with Crippen LogP contribution in [0.25, 0.3) is 5.69 Å². The maximum Gasteiger partial charge on any atom is 0.350 e. The normalized spacial score (nSPS) is 18.4. The molecule has 4 rings (SSSR count). The molecule has 1 aliphatic rings. The number of hydrogen-bond donors (Lipinski definition) is 1. The van der Waals surface area contributed by atoms with Gasteiger partial charge >= 0.3 is 17.5 Å². The lowest BCUT2D eigenvalue weighted by Gasteiger charge is -2.24. The molecule has 0 aliphatic carbocycles. The number of aryl methyl sites for hydroxylation is 1. The molecule has 2 atom stereocenters. The van der Waals surface area contributed by atoms with E-state index < -0.39 is 11.8 Å². The molecule has 2 unspecified atom stereocenters. The van der Waals surface area contributed by atoms with E-state index in [1.165, 1.54) is 15.6 Å². The zero-order chi connectivity index (χ0) is 21.3. The molecule has 2 aromatic carbocycles. The Morgan fingerprint density at radius 3 is 2.40 bits per heavy atom. The lowest BCUT2D eigenvalue weighted by Crippen LogP contribution is -2.39. The predicted octanol–water partition coefficient (Wildman–Crippen LogP) is 2.12. The number of rotatable bonds is 3. The van der Waals surface area contributed by atoms with Gasteiger partial charge in [-0.3, -0.25) is 14.2 Å². The summed E-state index contributed by atoms with van der Waals surface area (Å²) in [6.07, 6.45) is 2.26. The highest BCUT2D eigenvalue weighted by Gasteiger charge is 2.36. The van der Waals surface area contributed by atoms with Crippen molar-refractivity contribution in [2.24, 2.45) is 13.0 Å². The zero-order valence-corrected chi connectivity index (χ0v) is 16.9. The van der Waals surface area contributed by atoms with Crippen LogP contribution in [0.15, 0.2) is 65.7 Å². The van der Waals surface area contributed by atoms with Crippen LogP contribution in [0.3, 0.4) is 0 Å². The molecule has 0 radical (unpaired) electrons. The number of carbonyl (C=O) groups is 2. The number of hydrogen-bond acceptors (Lipinski definition) is 4. The summed E-state index contributed by atoms with van der Waals surface area (Å²) in [7, 11) is 1.62. The van der Waals surface area contributed by atoms with Crippen LogP contribution < -0.4 is 11.0 Å². The third kappa shape index (κ3) is 3.76. The van der Waals surface area contributed by atoms with E-state index >= 15 is 0 Å². The maximum atomic E-state index is 12.9. The fraction of sp³-hybridized carbons (Fsp3) is 0.273. The van der Waals surface area contributed by atoms with Crippen molar-refractivity contribution in [3.05, 3.63) is 77.0 Å². The van der Waals surface area contributed by atoms with Crippen molar-refractivity contribution in [2.75, 3.05) is 11.9 Å². The summed E-state index contributed by atoms with van der Waals surface area (Å²) in [6.45, 7) is 2.63. The molecule has 1 aliphatic heterocycles. The van der Waals surface area contributed by atoms with Crippen molar-refractivity contribution in [1.82, 2.24) is 19.2 Å². The fourth-order valence-electron chi connectivity index (χ4n) is 3.82. The molecule has 30 heavy (non-hydrogen) atoms. The van der Waals surface area contributed by atoms with Crippen molar-refractivity contribution in [1.29, 1.82) is 0 Å². The monoisotopic (exact) mass is 405 g/mol. The van der Waals surface area contributed by atoms with E-state index in [0.29, 0.717) is 23.8 Å². The summed E-state index contributed by atoms with van der Waals surface area (Å²) >= 11 is 0. The number of amides is 2. The Labute approximate surface area is 173 Å². The van der Waals surface area contributed by atoms with Crippen LogP contribution in [0.5, 0.6) is 0 Å². The van der Waals surface area contributed by atoms with Crippen LogP contribution in [0.1, 0.15) is 24.9 Å². The van der Waals surface area contributed by atoms with Gasteiger partial charge in [-0.25, -0.2) is 4.79 Å². The first kappa shape index (κ1) is 19.6. The van der Waals surface area contributed by atoms with Gasteiger partial charge in [-0.1, -0.05) is 37.3 Å². The van der Waals surface area contributed by atoms with Gasteiger partial charge in [0, 0.05) is 19.3 Å². The quantitative estimate of drug-likeness (QED) is 0.676. The molecule has 0 spiro atoms. The van der Waals surface area contributed by atoms with Crippen LogP contribution in [-0.4, -0.2) is 37.6 Å². The summed E-state index contributed by atoms with van der Waals surface area (Å²) in [5.74, 6) is -0.895. The standard InChI is InChI=1S/C22H23N5O3/c1-15-12-19(16-6-4-3-5-7-16)26(13-15)21(29)20(28)24-17-8-10-18(11-9-17)27-22(30)25(2)14-23-27/h3-11,14-15,19H,12-13H2,1-2H3,(H,24,28). The molecular weight excluding hydrogens is 382 g/mol. The zero-order valence-electron chi connectivity index (χ0n) is 16.9. The molecule has 2 heterocycles. The van der Waals surface area contributed by atoms with Crippen LogP contribution in [0, 0.1) is 5.92 Å². The summed E-state index contributed by atoms with van der Waals surface area (Å²) in [5.41, 5.74) is 1.82. The first-order chi connectivity index (χ1) is 14.4.